The number of aryl methyl sites for hydroxylation is 2. The number of rotatable bonds is 8. The topological polar surface area (TPSA) is 68.7 Å². The van der Waals surface area contributed by atoms with E-state index in [1.165, 1.54) is 5.56 Å². The van der Waals surface area contributed by atoms with Gasteiger partial charge in [0.1, 0.15) is 21.4 Å². The molecule has 0 fully saturated rings. The molecule has 0 radical (unpaired) electrons. The van der Waals surface area contributed by atoms with Gasteiger partial charge in [-0.05, 0) is 37.5 Å². The molecule has 0 amide bonds. The number of benzene rings is 2. The lowest BCUT2D eigenvalue weighted by molar-refractivity contribution is 0.0701. The van der Waals surface area contributed by atoms with Gasteiger partial charge < -0.3 is 14.6 Å². The fourth-order valence-electron chi connectivity index (χ4n) is 2.74. The van der Waals surface area contributed by atoms with Crippen molar-refractivity contribution in [2.45, 2.75) is 19.8 Å². The molecular weight excluding hydrogens is 362 g/mol. The van der Waals surface area contributed by atoms with E-state index >= 15 is 0 Å². The number of carbonyl (C=O) groups is 1. The van der Waals surface area contributed by atoms with E-state index in [0.29, 0.717) is 28.8 Å². The SMILES string of the molecule is COc1ccc(-c2nc(C)c(C(=O)O)s2)c(OCCCc2ccccc2)c1. The van der Waals surface area contributed by atoms with E-state index < -0.39 is 5.97 Å². The highest BCUT2D eigenvalue weighted by Crippen LogP contribution is 2.37. The van der Waals surface area contributed by atoms with E-state index in [-0.39, 0.29) is 4.88 Å². The summed E-state index contributed by atoms with van der Waals surface area (Å²) in [7, 11) is 1.60. The Hall–Kier alpha value is -2.86. The first kappa shape index (κ1) is 18.9. The van der Waals surface area contributed by atoms with Crippen LogP contribution in [0.15, 0.2) is 48.5 Å². The Kier molecular flexibility index (Phi) is 6.08. The fraction of sp³-hybridized carbons (Fsp3) is 0.238. The van der Waals surface area contributed by atoms with Crippen LogP contribution in [0.3, 0.4) is 0 Å². The number of thiazole rings is 1. The first-order chi connectivity index (χ1) is 13.1. The van der Waals surface area contributed by atoms with Crippen LogP contribution in [0, 0.1) is 6.92 Å². The fourth-order valence-corrected chi connectivity index (χ4v) is 3.67. The third kappa shape index (κ3) is 4.65. The van der Waals surface area contributed by atoms with Crippen molar-refractivity contribution in [3.05, 3.63) is 64.7 Å². The van der Waals surface area contributed by atoms with Crippen LogP contribution in [-0.4, -0.2) is 29.8 Å². The van der Waals surface area contributed by atoms with Crippen molar-refractivity contribution in [2.75, 3.05) is 13.7 Å². The molecule has 1 heterocycles. The van der Waals surface area contributed by atoms with Crippen LogP contribution < -0.4 is 9.47 Å². The standard InChI is InChI=1S/C21H21NO4S/c1-14-19(21(23)24)27-20(22-14)17-11-10-16(25-2)13-18(17)26-12-6-9-15-7-4-3-5-8-15/h3-5,7-8,10-11,13H,6,9,12H2,1-2H3,(H,23,24). The number of carboxylic acids is 1. The Morgan fingerprint density at radius 2 is 1.96 bits per heavy atom. The second-order valence-corrected chi connectivity index (χ2v) is 7.04. The summed E-state index contributed by atoms with van der Waals surface area (Å²) in [4.78, 5) is 16.0. The molecule has 27 heavy (non-hydrogen) atoms. The Morgan fingerprint density at radius 3 is 2.63 bits per heavy atom. The zero-order valence-electron chi connectivity index (χ0n) is 15.3. The van der Waals surface area contributed by atoms with Gasteiger partial charge in [0, 0.05) is 6.07 Å². The summed E-state index contributed by atoms with van der Waals surface area (Å²) in [6, 6.07) is 15.8. The maximum Gasteiger partial charge on any atom is 0.347 e. The number of hydrogen-bond donors (Lipinski definition) is 1. The highest BCUT2D eigenvalue weighted by atomic mass is 32.1. The average molecular weight is 383 g/mol. The number of methoxy groups -OCH3 is 1. The third-order valence-electron chi connectivity index (χ3n) is 4.12. The molecule has 0 saturated carbocycles. The molecule has 0 atom stereocenters. The van der Waals surface area contributed by atoms with Gasteiger partial charge in [0.25, 0.3) is 0 Å². The Morgan fingerprint density at radius 1 is 1.19 bits per heavy atom. The Bertz CT molecular complexity index is 921. The summed E-state index contributed by atoms with van der Waals surface area (Å²) in [6.07, 6.45) is 1.80. The van der Waals surface area contributed by atoms with Crippen LogP contribution >= 0.6 is 11.3 Å². The quantitative estimate of drug-likeness (QED) is 0.564. The summed E-state index contributed by atoms with van der Waals surface area (Å²) in [6.45, 7) is 2.25. The van der Waals surface area contributed by atoms with Gasteiger partial charge in [0.05, 0.1) is 25.0 Å². The molecule has 0 aliphatic carbocycles. The lowest BCUT2D eigenvalue weighted by atomic mass is 10.1. The van der Waals surface area contributed by atoms with Crippen LogP contribution in [0.2, 0.25) is 0 Å². The molecule has 6 heteroatoms. The molecule has 140 valence electrons. The average Bonchev–Trinajstić information content (AvgIpc) is 3.07. The van der Waals surface area contributed by atoms with Crippen LogP contribution in [0.25, 0.3) is 10.6 Å². The minimum absolute atomic E-state index is 0.246. The predicted octanol–water partition coefficient (Wildman–Crippen LogP) is 4.84. The van der Waals surface area contributed by atoms with Gasteiger partial charge in [-0.25, -0.2) is 9.78 Å². The number of aromatic nitrogens is 1. The van der Waals surface area contributed by atoms with Crippen molar-refractivity contribution in [2.24, 2.45) is 0 Å². The minimum atomic E-state index is -0.963. The van der Waals surface area contributed by atoms with Crippen LogP contribution in [0.5, 0.6) is 11.5 Å². The zero-order chi connectivity index (χ0) is 19.2. The Balaban J connectivity index is 1.77. The molecule has 0 spiro atoms. The summed E-state index contributed by atoms with van der Waals surface area (Å²) in [5.74, 6) is 0.367. The molecule has 0 saturated heterocycles. The van der Waals surface area contributed by atoms with Gasteiger partial charge in [-0.3, -0.25) is 0 Å². The molecule has 0 unspecified atom stereocenters. The van der Waals surface area contributed by atoms with E-state index in [1.54, 1.807) is 14.0 Å². The smallest absolute Gasteiger partial charge is 0.347 e. The molecule has 0 bridgehead atoms. The van der Waals surface area contributed by atoms with Crippen molar-refractivity contribution in [1.82, 2.24) is 4.98 Å². The van der Waals surface area contributed by atoms with Gasteiger partial charge in [0.15, 0.2) is 0 Å². The lowest BCUT2D eigenvalue weighted by Crippen LogP contribution is -2.01. The first-order valence-electron chi connectivity index (χ1n) is 8.64. The van der Waals surface area contributed by atoms with Crippen molar-refractivity contribution in [3.8, 4) is 22.1 Å². The molecular formula is C21H21NO4S. The molecule has 1 N–H and O–H groups in total. The van der Waals surface area contributed by atoms with E-state index in [1.807, 2.05) is 36.4 Å². The predicted molar refractivity (Wildman–Crippen MR) is 106 cm³/mol. The van der Waals surface area contributed by atoms with E-state index in [4.69, 9.17) is 9.47 Å². The molecule has 5 nitrogen and oxygen atoms in total. The van der Waals surface area contributed by atoms with E-state index in [9.17, 15) is 9.90 Å². The van der Waals surface area contributed by atoms with E-state index in [2.05, 4.69) is 17.1 Å². The maximum atomic E-state index is 11.3. The van der Waals surface area contributed by atoms with Gasteiger partial charge >= 0.3 is 5.97 Å². The molecule has 1 aromatic heterocycles. The number of nitrogens with zero attached hydrogens (tertiary/aromatic N) is 1. The summed E-state index contributed by atoms with van der Waals surface area (Å²) >= 11 is 1.15. The molecule has 3 rings (SSSR count). The van der Waals surface area contributed by atoms with Crippen molar-refractivity contribution in [3.63, 3.8) is 0 Å². The monoisotopic (exact) mass is 383 g/mol. The zero-order valence-corrected chi connectivity index (χ0v) is 16.1. The minimum Gasteiger partial charge on any atom is -0.497 e. The highest BCUT2D eigenvalue weighted by molar-refractivity contribution is 7.17. The summed E-state index contributed by atoms with van der Waals surface area (Å²) in [5, 5.41) is 9.91. The number of hydrogen-bond acceptors (Lipinski definition) is 5. The highest BCUT2D eigenvalue weighted by Gasteiger charge is 2.18. The number of carboxylic acid groups (broad SMARTS) is 1. The van der Waals surface area contributed by atoms with Gasteiger partial charge in [0.2, 0.25) is 0 Å². The maximum absolute atomic E-state index is 11.3. The summed E-state index contributed by atoms with van der Waals surface area (Å²) < 4.78 is 11.3. The first-order valence-corrected chi connectivity index (χ1v) is 9.46. The van der Waals surface area contributed by atoms with Gasteiger partial charge in [-0.2, -0.15) is 0 Å². The van der Waals surface area contributed by atoms with Crippen molar-refractivity contribution < 1.29 is 19.4 Å². The molecule has 0 aliphatic rings. The molecule has 2 aromatic carbocycles. The van der Waals surface area contributed by atoms with Crippen molar-refractivity contribution >= 4 is 17.3 Å². The van der Waals surface area contributed by atoms with Crippen molar-refractivity contribution in [1.29, 1.82) is 0 Å². The van der Waals surface area contributed by atoms with Crippen LogP contribution in [-0.2, 0) is 6.42 Å². The second-order valence-electron chi connectivity index (χ2n) is 6.04. The van der Waals surface area contributed by atoms with Gasteiger partial charge in [-0.15, -0.1) is 11.3 Å². The molecule has 3 aromatic rings. The number of ether oxygens (including phenoxy) is 2. The Labute approximate surface area is 162 Å². The lowest BCUT2D eigenvalue weighted by Gasteiger charge is -2.12. The van der Waals surface area contributed by atoms with Crippen LogP contribution in [0.4, 0.5) is 0 Å². The normalized spacial score (nSPS) is 10.6. The molecule has 0 aliphatic heterocycles. The number of aromatic carboxylic acids is 1. The summed E-state index contributed by atoms with van der Waals surface area (Å²) in [5.41, 5.74) is 2.55. The largest absolute Gasteiger partial charge is 0.497 e. The third-order valence-corrected chi connectivity index (χ3v) is 5.30. The van der Waals surface area contributed by atoms with Gasteiger partial charge in [-0.1, -0.05) is 30.3 Å². The van der Waals surface area contributed by atoms with E-state index in [0.717, 1.165) is 29.7 Å². The van der Waals surface area contributed by atoms with Crippen LogP contribution in [0.1, 0.15) is 27.3 Å². The second kappa shape index (κ2) is 8.68.